The number of ether oxygens (including phenoxy) is 1. The van der Waals surface area contributed by atoms with Crippen molar-refractivity contribution in [3.63, 3.8) is 0 Å². The van der Waals surface area contributed by atoms with Gasteiger partial charge in [-0.25, -0.2) is 0 Å². The summed E-state index contributed by atoms with van der Waals surface area (Å²) in [5.41, 5.74) is 0.876. The second kappa shape index (κ2) is 3.27. The largest absolute Gasteiger partial charge is 0.488 e. The van der Waals surface area contributed by atoms with Crippen LogP contribution < -0.4 is 10.1 Å². The van der Waals surface area contributed by atoms with E-state index in [0.29, 0.717) is 6.61 Å². The van der Waals surface area contributed by atoms with E-state index < -0.39 is 0 Å². The first-order valence-corrected chi connectivity index (χ1v) is 4.67. The summed E-state index contributed by atoms with van der Waals surface area (Å²) < 4.78 is 6.37. The highest BCUT2D eigenvalue weighted by Crippen LogP contribution is 2.31. The lowest BCUT2D eigenvalue weighted by Crippen LogP contribution is -2.29. The average molecular weight is 239 g/mol. The van der Waals surface area contributed by atoms with Crippen molar-refractivity contribution in [2.24, 2.45) is 0 Å². The fraction of sp³-hybridized carbons (Fsp3) is 0.222. The van der Waals surface area contributed by atoms with Crippen molar-refractivity contribution in [3.8, 4) is 11.8 Å². The Morgan fingerprint density at radius 3 is 3.23 bits per heavy atom. The molecule has 0 aromatic heterocycles. The van der Waals surface area contributed by atoms with Gasteiger partial charge in [0.05, 0.1) is 11.8 Å². The van der Waals surface area contributed by atoms with E-state index in [0.717, 1.165) is 15.9 Å². The fourth-order valence-electron chi connectivity index (χ4n) is 1.21. The molecule has 2 rings (SSSR count). The molecule has 1 aliphatic rings. The summed E-state index contributed by atoms with van der Waals surface area (Å²) in [5.74, 6) is 0.792. The Hall–Kier alpha value is -1.21. The lowest BCUT2D eigenvalue weighted by Gasteiger charge is -2.22. The molecule has 0 aliphatic carbocycles. The smallest absolute Gasteiger partial charge is 0.149 e. The van der Waals surface area contributed by atoms with Crippen LogP contribution in [0.2, 0.25) is 0 Å². The van der Waals surface area contributed by atoms with Crippen molar-refractivity contribution in [2.75, 3.05) is 11.9 Å². The lowest BCUT2D eigenvalue weighted by molar-refractivity contribution is 0.304. The maximum absolute atomic E-state index is 8.67. The SMILES string of the molecule is N#CC1COc2cc(Br)ccc2N1. The molecule has 0 fully saturated rings. The van der Waals surface area contributed by atoms with Crippen LogP contribution >= 0.6 is 15.9 Å². The summed E-state index contributed by atoms with van der Waals surface area (Å²) in [6.07, 6.45) is 0. The molecule has 1 atom stereocenters. The van der Waals surface area contributed by atoms with E-state index >= 15 is 0 Å². The van der Waals surface area contributed by atoms with Crippen LogP contribution in [0.3, 0.4) is 0 Å². The minimum absolute atomic E-state index is 0.242. The molecule has 1 aromatic carbocycles. The topological polar surface area (TPSA) is 45.0 Å². The maximum Gasteiger partial charge on any atom is 0.149 e. The van der Waals surface area contributed by atoms with Gasteiger partial charge >= 0.3 is 0 Å². The first-order valence-electron chi connectivity index (χ1n) is 3.88. The van der Waals surface area contributed by atoms with Gasteiger partial charge in [0.2, 0.25) is 0 Å². The van der Waals surface area contributed by atoms with Crippen LogP contribution in [0.1, 0.15) is 0 Å². The molecule has 0 radical (unpaired) electrons. The van der Waals surface area contributed by atoms with Gasteiger partial charge < -0.3 is 10.1 Å². The van der Waals surface area contributed by atoms with Gasteiger partial charge in [0.15, 0.2) is 0 Å². The van der Waals surface area contributed by atoms with Gasteiger partial charge in [-0.15, -0.1) is 0 Å². The van der Waals surface area contributed by atoms with Crippen LogP contribution in [0.15, 0.2) is 22.7 Å². The highest BCUT2D eigenvalue weighted by Gasteiger charge is 2.17. The Kier molecular flexibility index (Phi) is 2.11. The Morgan fingerprint density at radius 1 is 1.62 bits per heavy atom. The normalized spacial score (nSPS) is 19.2. The van der Waals surface area contributed by atoms with E-state index in [9.17, 15) is 0 Å². The Labute approximate surface area is 84.4 Å². The van der Waals surface area contributed by atoms with Crippen molar-refractivity contribution < 1.29 is 4.74 Å². The van der Waals surface area contributed by atoms with Gasteiger partial charge in [0.1, 0.15) is 18.4 Å². The molecule has 3 nitrogen and oxygen atoms in total. The minimum atomic E-state index is -0.242. The number of nitriles is 1. The molecule has 1 aromatic rings. The van der Waals surface area contributed by atoms with Crippen LogP contribution in [-0.2, 0) is 0 Å². The van der Waals surface area contributed by atoms with Gasteiger partial charge in [-0.05, 0) is 18.2 Å². The molecule has 0 spiro atoms. The number of halogens is 1. The number of nitrogens with one attached hydrogen (secondary N) is 1. The first kappa shape index (κ1) is 8.39. The molecule has 0 amide bonds. The van der Waals surface area contributed by atoms with Crippen molar-refractivity contribution in [1.29, 1.82) is 5.26 Å². The van der Waals surface area contributed by atoms with Crippen LogP contribution in [-0.4, -0.2) is 12.6 Å². The van der Waals surface area contributed by atoms with E-state index in [1.165, 1.54) is 0 Å². The van der Waals surface area contributed by atoms with Crippen LogP contribution in [0.4, 0.5) is 5.69 Å². The fourth-order valence-corrected chi connectivity index (χ4v) is 1.55. The zero-order chi connectivity index (χ0) is 9.26. The molecule has 1 aliphatic heterocycles. The van der Waals surface area contributed by atoms with E-state index in [4.69, 9.17) is 10.00 Å². The maximum atomic E-state index is 8.67. The second-order valence-electron chi connectivity index (χ2n) is 2.78. The zero-order valence-corrected chi connectivity index (χ0v) is 8.34. The molecule has 4 heteroatoms. The molecule has 66 valence electrons. The Morgan fingerprint density at radius 2 is 2.46 bits per heavy atom. The van der Waals surface area contributed by atoms with Crippen molar-refractivity contribution in [2.45, 2.75) is 6.04 Å². The third kappa shape index (κ3) is 1.61. The molecule has 0 saturated heterocycles. The van der Waals surface area contributed by atoms with Gasteiger partial charge in [0.25, 0.3) is 0 Å². The van der Waals surface area contributed by atoms with Crippen LogP contribution in [0, 0.1) is 11.3 Å². The van der Waals surface area contributed by atoms with Gasteiger partial charge in [-0.1, -0.05) is 15.9 Å². The first-order chi connectivity index (χ1) is 6.29. The average Bonchev–Trinajstić information content (AvgIpc) is 2.17. The van der Waals surface area contributed by atoms with Gasteiger partial charge in [-0.2, -0.15) is 5.26 Å². The molecule has 0 bridgehead atoms. The van der Waals surface area contributed by atoms with E-state index in [1.807, 2.05) is 18.2 Å². The number of hydrogen-bond donors (Lipinski definition) is 1. The summed E-state index contributed by atoms with van der Waals surface area (Å²) >= 11 is 3.35. The highest BCUT2D eigenvalue weighted by atomic mass is 79.9. The molecular formula is C9H7BrN2O. The number of anilines is 1. The van der Waals surface area contributed by atoms with E-state index in [1.54, 1.807) is 0 Å². The van der Waals surface area contributed by atoms with Crippen LogP contribution in [0.25, 0.3) is 0 Å². The predicted octanol–water partition coefficient (Wildman–Crippen LogP) is 2.15. The number of rotatable bonds is 0. The summed E-state index contributed by atoms with van der Waals surface area (Å²) in [5, 5.41) is 11.7. The molecule has 1 N–H and O–H groups in total. The zero-order valence-electron chi connectivity index (χ0n) is 6.75. The standard InChI is InChI=1S/C9H7BrN2O/c10-6-1-2-8-9(3-6)13-5-7(4-11)12-8/h1-3,7,12H,5H2. The highest BCUT2D eigenvalue weighted by molar-refractivity contribution is 9.10. The molecular weight excluding hydrogens is 232 g/mol. The summed E-state index contributed by atoms with van der Waals surface area (Å²) in [4.78, 5) is 0. The summed E-state index contributed by atoms with van der Waals surface area (Å²) in [7, 11) is 0. The van der Waals surface area contributed by atoms with E-state index in [2.05, 4.69) is 27.3 Å². The van der Waals surface area contributed by atoms with Crippen LogP contribution in [0.5, 0.6) is 5.75 Å². The second-order valence-corrected chi connectivity index (χ2v) is 3.69. The Balaban J connectivity index is 2.32. The van der Waals surface area contributed by atoms with E-state index in [-0.39, 0.29) is 6.04 Å². The molecule has 1 heterocycles. The quantitative estimate of drug-likeness (QED) is 0.754. The number of nitrogens with zero attached hydrogens (tertiary/aromatic N) is 1. The summed E-state index contributed by atoms with van der Waals surface area (Å²) in [6, 6.07) is 7.56. The van der Waals surface area contributed by atoms with Gasteiger partial charge in [-0.3, -0.25) is 0 Å². The molecule has 1 unspecified atom stereocenters. The lowest BCUT2D eigenvalue weighted by atomic mass is 10.2. The minimum Gasteiger partial charge on any atom is -0.488 e. The van der Waals surface area contributed by atoms with Gasteiger partial charge in [0, 0.05) is 4.47 Å². The predicted molar refractivity (Wildman–Crippen MR) is 52.7 cm³/mol. The van der Waals surface area contributed by atoms with Crippen molar-refractivity contribution >= 4 is 21.6 Å². The summed E-state index contributed by atoms with van der Waals surface area (Å²) in [6.45, 7) is 0.403. The molecule has 0 saturated carbocycles. The number of hydrogen-bond acceptors (Lipinski definition) is 3. The van der Waals surface area contributed by atoms with Crippen molar-refractivity contribution in [3.05, 3.63) is 22.7 Å². The number of benzene rings is 1. The van der Waals surface area contributed by atoms with Crippen molar-refractivity contribution in [1.82, 2.24) is 0 Å². The third-order valence-corrected chi connectivity index (χ3v) is 2.33. The number of fused-ring (bicyclic) bond motifs is 1. The Bertz CT molecular complexity index is 372. The monoisotopic (exact) mass is 238 g/mol. The molecule has 13 heavy (non-hydrogen) atoms. The third-order valence-electron chi connectivity index (χ3n) is 1.83.